The predicted molar refractivity (Wildman–Crippen MR) is 80.1 cm³/mol. The Morgan fingerprint density at radius 1 is 1.35 bits per heavy atom. The molecule has 0 spiro atoms. The normalized spacial score (nSPS) is 12.7. The Bertz CT molecular complexity index is 548. The van der Waals surface area contributed by atoms with Crippen LogP contribution in [0.5, 0.6) is 0 Å². The van der Waals surface area contributed by atoms with Crippen LogP contribution >= 0.6 is 0 Å². The van der Waals surface area contributed by atoms with E-state index in [4.69, 9.17) is 5.73 Å². The van der Waals surface area contributed by atoms with Gasteiger partial charge >= 0.3 is 0 Å². The summed E-state index contributed by atoms with van der Waals surface area (Å²) in [6.45, 7) is 5.95. The summed E-state index contributed by atoms with van der Waals surface area (Å²) in [4.78, 5) is 0. The van der Waals surface area contributed by atoms with Crippen LogP contribution in [0.1, 0.15) is 13.8 Å². The third-order valence-electron chi connectivity index (χ3n) is 3.55. The third-order valence-corrected chi connectivity index (χ3v) is 3.55. The maximum Gasteiger partial charge on any atom is 0.181 e. The van der Waals surface area contributed by atoms with Crippen molar-refractivity contribution in [1.82, 2.24) is 20.2 Å². The fourth-order valence-corrected chi connectivity index (χ4v) is 2.08. The first-order chi connectivity index (χ1) is 9.61. The molecule has 108 valence electrons. The lowest BCUT2D eigenvalue weighted by Crippen LogP contribution is -2.27. The summed E-state index contributed by atoms with van der Waals surface area (Å²) < 4.78 is 1.66. The Kier molecular flexibility index (Phi) is 4.68. The molecule has 1 atom stereocenters. The second-order valence-electron chi connectivity index (χ2n) is 5.33. The molecule has 1 heterocycles. The van der Waals surface area contributed by atoms with Gasteiger partial charge in [-0.05, 0) is 40.9 Å². The number of benzene rings is 1. The van der Waals surface area contributed by atoms with E-state index in [0.29, 0.717) is 18.4 Å². The highest BCUT2D eigenvalue weighted by Gasteiger charge is 2.11. The van der Waals surface area contributed by atoms with E-state index in [2.05, 4.69) is 40.8 Å². The summed E-state index contributed by atoms with van der Waals surface area (Å²) in [7, 11) is 1.83. The molecule has 1 unspecified atom stereocenters. The minimum absolute atomic E-state index is 0.468. The number of tetrazole rings is 1. The van der Waals surface area contributed by atoms with Gasteiger partial charge < -0.3 is 11.1 Å². The molecule has 20 heavy (non-hydrogen) atoms. The fraction of sp³-hybridized carbons (Fsp3) is 0.500. The second-order valence-corrected chi connectivity index (χ2v) is 5.33. The summed E-state index contributed by atoms with van der Waals surface area (Å²) >= 11 is 0. The van der Waals surface area contributed by atoms with Crippen LogP contribution in [0, 0.1) is 11.8 Å². The van der Waals surface area contributed by atoms with Gasteiger partial charge in [0.2, 0.25) is 0 Å². The zero-order chi connectivity index (χ0) is 14.5. The van der Waals surface area contributed by atoms with Crippen LogP contribution in [0.25, 0.3) is 11.4 Å². The SMILES string of the molecule is CC(C)C(CN)CNc1cccc(-c2nnnn2C)c1. The van der Waals surface area contributed by atoms with Gasteiger partial charge in [-0.15, -0.1) is 5.10 Å². The highest BCUT2D eigenvalue weighted by Crippen LogP contribution is 2.20. The standard InChI is InChI=1S/C14H22N6/c1-10(2)12(8-15)9-16-13-6-4-5-11(7-13)14-17-18-19-20(14)3/h4-7,10,12,16H,8-9,15H2,1-3H3. The molecule has 0 aliphatic heterocycles. The van der Waals surface area contributed by atoms with Crippen molar-refractivity contribution in [3.05, 3.63) is 24.3 Å². The molecule has 0 saturated heterocycles. The summed E-state index contributed by atoms with van der Waals surface area (Å²) in [5, 5.41) is 15.0. The van der Waals surface area contributed by atoms with E-state index in [0.717, 1.165) is 23.6 Å². The van der Waals surface area contributed by atoms with Crippen LogP contribution in [0.4, 0.5) is 5.69 Å². The number of hydrogen-bond donors (Lipinski definition) is 2. The number of nitrogens with one attached hydrogen (secondary N) is 1. The molecule has 0 aliphatic rings. The summed E-state index contributed by atoms with van der Waals surface area (Å²) in [6, 6.07) is 8.10. The molecule has 2 rings (SSSR count). The number of anilines is 1. The molecule has 0 fully saturated rings. The number of aryl methyl sites for hydroxylation is 1. The molecule has 0 saturated carbocycles. The number of hydrogen-bond acceptors (Lipinski definition) is 5. The van der Waals surface area contributed by atoms with Gasteiger partial charge in [0.25, 0.3) is 0 Å². The molecular formula is C14H22N6. The molecular weight excluding hydrogens is 252 g/mol. The highest BCUT2D eigenvalue weighted by molar-refractivity contribution is 5.62. The monoisotopic (exact) mass is 274 g/mol. The Labute approximate surface area is 119 Å². The fourth-order valence-electron chi connectivity index (χ4n) is 2.08. The number of aromatic nitrogens is 4. The first-order valence-electron chi connectivity index (χ1n) is 6.88. The minimum Gasteiger partial charge on any atom is -0.385 e. The van der Waals surface area contributed by atoms with Gasteiger partial charge in [-0.3, -0.25) is 0 Å². The van der Waals surface area contributed by atoms with Crippen molar-refractivity contribution in [1.29, 1.82) is 0 Å². The lowest BCUT2D eigenvalue weighted by Gasteiger charge is -2.20. The molecule has 0 aliphatic carbocycles. The Morgan fingerprint density at radius 3 is 2.75 bits per heavy atom. The summed E-state index contributed by atoms with van der Waals surface area (Å²) in [6.07, 6.45) is 0. The average Bonchev–Trinajstić information content (AvgIpc) is 2.86. The zero-order valence-electron chi connectivity index (χ0n) is 12.2. The third kappa shape index (κ3) is 3.33. The lowest BCUT2D eigenvalue weighted by molar-refractivity contribution is 0.413. The molecule has 1 aromatic carbocycles. The minimum atomic E-state index is 0.468. The topological polar surface area (TPSA) is 81.7 Å². The Morgan fingerprint density at radius 2 is 2.15 bits per heavy atom. The number of nitrogens with two attached hydrogens (primary N) is 1. The largest absolute Gasteiger partial charge is 0.385 e. The van der Waals surface area contributed by atoms with Gasteiger partial charge in [-0.2, -0.15) is 0 Å². The van der Waals surface area contributed by atoms with Crippen LogP contribution in [-0.4, -0.2) is 33.3 Å². The van der Waals surface area contributed by atoms with Gasteiger partial charge in [-0.1, -0.05) is 26.0 Å². The van der Waals surface area contributed by atoms with Gasteiger partial charge in [0.05, 0.1) is 0 Å². The maximum absolute atomic E-state index is 5.79. The van der Waals surface area contributed by atoms with Gasteiger partial charge in [0, 0.05) is 24.8 Å². The van der Waals surface area contributed by atoms with Crippen molar-refractivity contribution in [2.24, 2.45) is 24.6 Å². The van der Waals surface area contributed by atoms with Crippen LogP contribution in [0.2, 0.25) is 0 Å². The van der Waals surface area contributed by atoms with E-state index >= 15 is 0 Å². The molecule has 2 aromatic rings. The molecule has 0 amide bonds. The first kappa shape index (κ1) is 14.5. The van der Waals surface area contributed by atoms with Gasteiger partial charge in [0.1, 0.15) is 0 Å². The Hall–Kier alpha value is -1.95. The molecule has 6 heteroatoms. The van der Waals surface area contributed by atoms with Crippen molar-refractivity contribution in [2.45, 2.75) is 13.8 Å². The zero-order valence-corrected chi connectivity index (χ0v) is 12.2. The predicted octanol–water partition coefficient (Wildman–Crippen LogP) is 1.52. The van der Waals surface area contributed by atoms with E-state index in [9.17, 15) is 0 Å². The Balaban J connectivity index is 2.09. The van der Waals surface area contributed by atoms with Crippen molar-refractivity contribution < 1.29 is 0 Å². The van der Waals surface area contributed by atoms with E-state index in [1.165, 1.54) is 0 Å². The van der Waals surface area contributed by atoms with Crippen molar-refractivity contribution in [3.63, 3.8) is 0 Å². The summed E-state index contributed by atoms with van der Waals surface area (Å²) in [5.41, 5.74) is 7.85. The van der Waals surface area contributed by atoms with Gasteiger partial charge in [0.15, 0.2) is 5.82 Å². The summed E-state index contributed by atoms with van der Waals surface area (Å²) in [5.74, 6) is 1.79. The lowest BCUT2D eigenvalue weighted by atomic mass is 9.96. The number of nitrogens with zero attached hydrogens (tertiary/aromatic N) is 4. The van der Waals surface area contributed by atoms with Crippen LogP contribution in [0.15, 0.2) is 24.3 Å². The van der Waals surface area contributed by atoms with Crippen molar-refractivity contribution >= 4 is 5.69 Å². The van der Waals surface area contributed by atoms with E-state index in [-0.39, 0.29) is 0 Å². The first-order valence-corrected chi connectivity index (χ1v) is 6.88. The second kappa shape index (κ2) is 6.47. The highest BCUT2D eigenvalue weighted by atomic mass is 15.5. The van der Waals surface area contributed by atoms with E-state index in [1.807, 2.05) is 25.2 Å². The van der Waals surface area contributed by atoms with Crippen molar-refractivity contribution in [2.75, 3.05) is 18.4 Å². The smallest absolute Gasteiger partial charge is 0.181 e. The molecule has 3 N–H and O–H groups in total. The van der Waals surface area contributed by atoms with E-state index in [1.54, 1.807) is 4.68 Å². The van der Waals surface area contributed by atoms with Crippen LogP contribution in [-0.2, 0) is 7.05 Å². The van der Waals surface area contributed by atoms with E-state index < -0.39 is 0 Å². The number of rotatable bonds is 6. The molecule has 0 bridgehead atoms. The quantitative estimate of drug-likeness (QED) is 0.834. The van der Waals surface area contributed by atoms with Crippen LogP contribution < -0.4 is 11.1 Å². The molecule has 1 aromatic heterocycles. The molecule has 6 nitrogen and oxygen atoms in total. The molecule has 0 radical (unpaired) electrons. The van der Waals surface area contributed by atoms with Crippen molar-refractivity contribution in [3.8, 4) is 11.4 Å². The van der Waals surface area contributed by atoms with Crippen LogP contribution in [0.3, 0.4) is 0 Å². The van der Waals surface area contributed by atoms with Gasteiger partial charge in [-0.25, -0.2) is 4.68 Å². The average molecular weight is 274 g/mol. The maximum atomic E-state index is 5.79.